The first-order valence-corrected chi connectivity index (χ1v) is 9.14. The normalized spacial score (nSPS) is 12.1. The van der Waals surface area contributed by atoms with Gasteiger partial charge < -0.3 is 10.1 Å². The lowest BCUT2D eigenvalue weighted by Gasteiger charge is -2.12. The van der Waals surface area contributed by atoms with Crippen LogP contribution in [-0.2, 0) is 12.4 Å². The zero-order chi connectivity index (χ0) is 22.9. The van der Waals surface area contributed by atoms with Gasteiger partial charge >= 0.3 is 12.4 Å². The molecule has 1 aromatic heterocycles. The summed E-state index contributed by atoms with van der Waals surface area (Å²) in [4.78, 5) is 7.98. The van der Waals surface area contributed by atoms with E-state index in [1.165, 1.54) is 18.2 Å². The average molecular weight is 449 g/mol. The molecule has 10 heteroatoms. The molecular weight excluding hydrogens is 436 g/mol. The first-order chi connectivity index (χ1) is 15.1. The number of halogens is 6. The van der Waals surface area contributed by atoms with E-state index in [0.717, 1.165) is 30.6 Å². The van der Waals surface area contributed by atoms with E-state index in [9.17, 15) is 26.3 Å². The highest BCUT2D eigenvalue weighted by atomic mass is 19.4. The summed E-state index contributed by atoms with van der Waals surface area (Å²) in [5, 5.41) is 3.42. The molecule has 0 saturated carbocycles. The van der Waals surface area contributed by atoms with E-state index in [1.54, 1.807) is 24.3 Å². The maximum absolute atomic E-state index is 12.9. The molecule has 0 atom stereocenters. The predicted molar refractivity (Wildman–Crippen MR) is 106 cm³/mol. The molecule has 0 saturated heterocycles. The third-order valence-electron chi connectivity index (χ3n) is 4.50. The van der Waals surface area contributed by atoms with Gasteiger partial charge in [-0.15, -0.1) is 0 Å². The van der Waals surface area contributed by atoms with Gasteiger partial charge in [0.15, 0.2) is 0 Å². The largest absolute Gasteiger partial charge is 0.457 e. The minimum atomic E-state index is -4.48. The van der Waals surface area contributed by atoms with Crippen LogP contribution in [0.25, 0.3) is 10.9 Å². The minimum Gasteiger partial charge on any atom is -0.457 e. The number of benzene rings is 3. The van der Waals surface area contributed by atoms with Crippen LogP contribution in [0.4, 0.5) is 37.8 Å². The summed E-state index contributed by atoms with van der Waals surface area (Å²) in [6, 6.07) is 13.9. The van der Waals surface area contributed by atoms with Crippen molar-refractivity contribution in [2.75, 3.05) is 5.32 Å². The van der Waals surface area contributed by atoms with Crippen molar-refractivity contribution in [3.63, 3.8) is 0 Å². The Morgan fingerprint density at radius 3 is 1.81 bits per heavy atom. The lowest BCUT2D eigenvalue weighted by molar-refractivity contribution is -0.138. The predicted octanol–water partition coefficient (Wildman–Crippen LogP) is 7.20. The topological polar surface area (TPSA) is 47.0 Å². The molecule has 4 aromatic rings. The summed E-state index contributed by atoms with van der Waals surface area (Å²) in [7, 11) is 0. The molecule has 0 bridgehead atoms. The Morgan fingerprint density at radius 2 is 1.22 bits per heavy atom. The third kappa shape index (κ3) is 4.74. The number of anilines is 2. The van der Waals surface area contributed by atoms with Crippen molar-refractivity contribution in [2.24, 2.45) is 0 Å². The Labute approximate surface area is 177 Å². The fourth-order valence-corrected chi connectivity index (χ4v) is 2.92. The van der Waals surface area contributed by atoms with Crippen molar-refractivity contribution >= 4 is 22.4 Å². The Bertz CT molecular complexity index is 1240. The third-order valence-corrected chi connectivity index (χ3v) is 4.50. The molecule has 1 N–H and O–H groups in total. The standard InChI is InChI=1S/C22H13F6N3O/c23-21(24,25)13-1-6-16(7-2-13)32-17-8-4-15(5-9-17)31-20-18-10-3-14(22(26,27)28)11-19(18)29-12-30-20/h1-12H,(H,29,30,31). The second-order valence-corrected chi connectivity index (χ2v) is 6.73. The summed E-state index contributed by atoms with van der Waals surface area (Å²) in [5.41, 5.74) is -0.868. The van der Waals surface area contributed by atoms with Crippen molar-refractivity contribution < 1.29 is 31.1 Å². The SMILES string of the molecule is FC(F)(F)c1ccc(Oc2ccc(Nc3ncnc4cc(C(F)(F)F)ccc34)cc2)cc1. The monoisotopic (exact) mass is 449 g/mol. The van der Waals surface area contributed by atoms with E-state index in [4.69, 9.17) is 4.74 Å². The summed E-state index contributed by atoms with van der Waals surface area (Å²) in [5.74, 6) is 0.943. The number of hydrogen-bond acceptors (Lipinski definition) is 4. The van der Waals surface area contributed by atoms with E-state index in [-0.39, 0.29) is 11.3 Å². The molecule has 0 aliphatic carbocycles. The number of ether oxygens (including phenoxy) is 1. The molecule has 0 radical (unpaired) electrons. The number of hydrogen-bond donors (Lipinski definition) is 1. The number of rotatable bonds is 4. The molecule has 32 heavy (non-hydrogen) atoms. The molecule has 0 amide bonds. The summed E-state index contributed by atoms with van der Waals surface area (Å²) in [6.45, 7) is 0. The van der Waals surface area contributed by atoms with Gasteiger partial charge in [0, 0.05) is 11.1 Å². The molecule has 4 rings (SSSR count). The van der Waals surface area contributed by atoms with Crippen molar-refractivity contribution in [1.82, 2.24) is 9.97 Å². The van der Waals surface area contributed by atoms with Crippen LogP contribution in [0.1, 0.15) is 11.1 Å². The van der Waals surface area contributed by atoms with Crippen LogP contribution in [0.2, 0.25) is 0 Å². The first-order valence-electron chi connectivity index (χ1n) is 9.14. The number of fused-ring (bicyclic) bond motifs is 1. The van der Waals surface area contributed by atoms with E-state index >= 15 is 0 Å². The van der Waals surface area contributed by atoms with Gasteiger partial charge in [-0.1, -0.05) is 0 Å². The number of nitrogens with zero attached hydrogens (tertiary/aromatic N) is 2. The number of aromatic nitrogens is 2. The van der Waals surface area contributed by atoms with Gasteiger partial charge in [-0.2, -0.15) is 26.3 Å². The van der Waals surface area contributed by atoms with Crippen molar-refractivity contribution in [2.45, 2.75) is 12.4 Å². The maximum Gasteiger partial charge on any atom is 0.416 e. The van der Waals surface area contributed by atoms with Gasteiger partial charge in [0.1, 0.15) is 23.6 Å². The quantitative estimate of drug-likeness (QED) is 0.335. The Morgan fingerprint density at radius 1 is 0.656 bits per heavy atom. The Kier molecular flexibility index (Phi) is 5.37. The fourth-order valence-electron chi connectivity index (χ4n) is 2.92. The van der Waals surface area contributed by atoms with Crippen molar-refractivity contribution in [3.05, 3.63) is 84.2 Å². The van der Waals surface area contributed by atoms with Crippen LogP contribution in [0.3, 0.4) is 0 Å². The van der Waals surface area contributed by atoms with Crippen LogP contribution in [0.15, 0.2) is 73.1 Å². The van der Waals surface area contributed by atoms with Gasteiger partial charge in [0.05, 0.1) is 16.6 Å². The Balaban J connectivity index is 1.50. The zero-order valence-electron chi connectivity index (χ0n) is 16.0. The molecule has 164 valence electrons. The van der Waals surface area contributed by atoms with Gasteiger partial charge in [-0.05, 0) is 66.7 Å². The second kappa shape index (κ2) is 8.03. The number of alkyl halides is 6. The molecule has 0 aliphatic rings. The van der Waals surface area contributed by atoms with Crippen LogP contribution in [-0.4, -0.2) is 9.97 Å². The summed E-state index contributed by atoms with van der Waals surface area (Å²) < 4.78 is 82.2. The summed E-state index contributed by atoms with van der Waals surface area (Å²) in [6.07, 6.45) is -7.74. The fraction of sp³-hybridized carbons (Fsp3) is 0.0909. The van der Waals surface area contributed by atoms with Gasteiger partial charge in [0.2, 0.25) is 0 Å². The van der Waals surface area contributed by atoms with E-state index in [2.05, 4.69) is 15.3 Å². The van der Waals surface area contributed by atoms with Gasteiger partial charge in [0.25, 0.3) is 0 Å². The lowest BCUT2D eigenvalue weighted by atomic mass is 10.1. The van der Waals surface area contributed by atoms with E-state index in [1.807, 2.05) is 0 Å². The van der Waals surface area contributed by atoms with Crippen LogP contribution in [0, 0.1) is 0 Å². The molecule has 0 unspecified atom stereocenters. The van der Waals surface area contributed by atoms with Crippen LogP contribution >= 0.6 is 0 Å². The zero-order valence-corrected chi connectivity index (χ0v) is 16.0. The van der Waals surface area contributed by atoms with Gasteiger partial charge in [-0.25, -0.2) is 9.97 Å². The molecule has 0 fully saturated rings. The highest BCUT2D eigenvalue weighted by Gasteiger charge is 2.31. The molecule has 1 heterocycles. The van der Waals surface area contributed by atoms with Gasteiger partial charge in [-0.3, -0.25) is 0 Å². The summed E-state index contributed by atoms with van der Waals surface area (Å²) >= 11 is 0. The molecule has 4 nitrogen and oxygen atoms in total. The smallest absolute Gasteiger partial charge is 0.416 e. The first kappa shape index (κ1) is 21.4. The molecular formula is C22H13F6N3O. The Hall–Kier alpha value is -3.82. The van der Waals surface area contributed by atoms with Crippen molar-refractivity contribution in [3.8, 4) is 11.5 Å². The average Bonchev–Trinajstić information content (AvgIpc) is 2.74. The molecule has 3 aromatic carbocycles. The van der Waals surface area contributed by atoms with Crippen LogP contribution < -0.4 is 10.1 Å². The van der Waals surface area contributed by atoms with E-state index in [0.29, 0.717) is 22.6 Å². The highest BCUT2D eigenvalue weighted by Crippen LogP contribution is 2.34. The van der Waals surface area contributed by atoms with E-state index < -0.39 is 23.5 Å². The van der Waals surface area contributed by atoms with Crippen molar-refractivity contribution in [1.29, 1.82) is 0 Å². The minimum absolute atomic E-state index is 0.139. The van der Waals surface area contributed by atoms with Crippen LogP contribution in [0.5, 0.6) is 11.5 Å². The molecule has 0 spiro atoms. The number of nitrogens with one attached hydrogen (secondary N) is 1. The maximum atomic E-state index is 12.9. The molecule has 0 aliphatic heterocycles. The lowest BCUT2D eigenvalue weighted by Crippen LogP contribution is -2.05. The highest BCUT2D eigenvalue weighted by molar-refractivity contribution is 5.91. The second-order valence-electron chi connectivity index (χ2n) is 6.73.